The van der Waals surface area contributed by atoms with Gasteiger partial charge in [0.15, 0.2) is 0 Å². The molecule has 0 saturated carbocycles. The van der Waals surface area contributed by atoms with Crippen LogP contribution in [0, 0.1) is 0 Å². The first-order valence-corrected chi connectivity index (χ1v) is 5.37. The van der Waals surface area contributed by atoms with Gasteiger partial charge < -0.3 is 10.3 Å². The van der Waals surface area contributed by atoms with Gasteiger partial charge in [0.1, 0.15) is 5.82 Å². The molecule has 86 valence electrons. The van der Waals surface area contributed by atoms with E-state index in [2.05, 4.69) is 10.1 Å². The Morgan fingerprint density at radius 1 is 1.24 bits per heavy atom. The number of para-hydroxylation sites is 1. The molecule has 0 amide bonds. The summed E-state index contributed by atoms with van der Waals surface area (Å²) in [6, 6.07) is 7.92. The number of benzene rings is 1. The highest BCUT2D eigenvalue weighted by Crippen LogP contribution is 2.27. The van der Waals surface area contributed by atoms with Crippen molar-refractivity contribution in [2.45, 2.75) is 0 Å². The Bertz CT molecular complexity index is 673. The smallest absolute Gasteiger partial charge is 0.121 e. The van der Waals surface area contributed by atoms with E-state index < -0.39 is 0 Å². The van der Waals surface area contributed by atoms with Crippen LogP contribution in [0.3, 0.4) is 0 Å². The van der Waals surface area contributed by atoms with Gasteiger partial charge >= 0.3 is 0 Å². The van der Waals surface area contributed by atoms with Gasteiger partial charge in [-0.2, -0.15) is 5.10 Å². The molecule has 0 fully saturated rings. The molecule has 1 aromatic carbocycles. The zero-order chi connectivity index (χ0) is 12.0. The number of hydrogen-bond donors (Lipinski definition) is 1. The van der Waals surface area contributed by atoms with Crippen molar-refractivity contribution in [1.29, 1.82) is 0 Å². The molecule has 5 heteroatoms. The van der Waals surface area contributed by atoms with Crippen LogP contribution in [0.15, 0.2) is 30.6 Å². The number of hydrogen-bond acceptors (Lipinski definition) is 3. The number of fused-ring (bicyclic) bond motifs is 1. The van der Waals surface area contributed by atoms with Gasteiger partial charge in [0.05, 0.1) is 23.1 Å². The third-order valence-electron chi connectivity index (χ3n) is 2.95. The van der Waals surface area contributed by atoms with E-state index in [9.17, 15) is 0 Å². The number of aryl methyl sites for hydroxylation is 2. The number of rotatable bonds is 1. The summed E-state index contributed by atoms with van der Waals surface area (Å²) in [5, 5.41) is 4.38. The number of nitrogens with two attached hydrogens (primary N) is 1. The fourth-order valence-electron chi connectivity index (χ4n) is 1.98. The summed E-state index contributed by atoms with van der Waals surface area (Å²) in [6.07, 6.45) is 1.81. The van der Waals surface area contributed by atoms with E-state index in [4.69, 9.17) is 5.73 Å². The van der Waals surface area contributed by atoms with Gasteiger partial charge in [0.25, 0.3) is 0 Å². The predicted molar refractivity (Wildman–Crippen MR) is 67.3 cm³/mol. The average molecular weight is 227 g/mol. The van der Waals surface area contributed by atoms with Gasteiger partial charge in [-0.15, -0.1) is 0 Å². The highest BCUT2D eigenvalue weighted by Gasteiger charge is 2.10. The quantitative estimate of drug-likeness (QED) is 0.686. The average Bonchev–Trinajstić information content (AvgIpc) is 2.84. The maximum Gasteiger partial charge on any atom is 0.121 e. The van der Waals surface area contributed by atoms with Crippen molar-refractivity contribution in [3.8, 4) is 11.3 Å². The molecule has 0 atom stereocenters. The Morgan fingerprint density at radius 2 is 2.06 bits per heavy atom. The second-order valence-electron chi connectivity index (χ2n) is 4.11. The molecule has 0 radical (unpaired) electrons. The van der Waals surface area contributed by atoms with E-state index in [1.165, 1.54) is 0 Å². The number of imidazole rings is 1. The van der Waals surface area contributed by atoms with Gasteiger partial charge in [-0.05, 0) is 6.07 Å². The molecule has 3 rings (SSSR count). The van der Waals surface area contributed by atoms with Crippen molar-refractivity contribution in [2.24, 2.45) is 14.1 Å². The molecule has 2 N–H and O–H groups in total. The molecule has 0 bridgehead atoms. The van der Waals surface area contributed by atoms with Crippen LogP contribution in [0.25, 0.3) is 22.3 Å². The van der Waals surface area contributed by atoms with Crippen LogP contribution < -0.4 is 5.73 Å². The van der Waals surface area contributed by atoms with Crippen LogP contribution in [-0.2, 0) is 14.1 Å². The lowest BCUT2D eigenvalue weighted by Gasteiger charge is -1.99. The van der Waals surface area contributed by atoms with Crippen LogP contribution in [0.4, 0.5) is 5.82 Å². The molecule has 0 aliphatic carbocycles. The molecular formula is C12H13N5. The summed E-state index contributed by atoms with van der Waals surface area (Å²) in [5.74, 6) is 0.646. The second kappa shape index (κ2) is 3.35. The Balaban J connectivity index is 2.30. The molecule has 0 spiro atoms. The number of anilines is 1. The van der Waals surface area contributed by atoms with Crippen molar-refractivity contribution in [3.63, 3.8) is 0 Å². The standard InChI is InChI=1S/C12H13N5/c1-16-7-14-12-8(4-3-5-10(12)16)9-6-11(13)17(2)15-9/h3-7H,13H2,1-2H3. The van der Waals surface area contributed by atoms with Crippen LogP contribution in [-0.4, -0.2) is 19.3 Å². The summed E-state index contributed by atoms with van der Waals surface area (Å²) < 4.78 is 3.65. The molecular weight excluding hydrogens is 214 g/mol. The van der Waals surface area contributed by atoms with Crippen LogP contribution >= 0.6 is 0 Å². The first-order valence-electron chi connectivity index (χ1n) is 5.37. The largest absolute Gasteiger partial charge is 0.384 e. The van der Waals surface area contributed by atoms with Crippen molar-refractivity contribution in [2.75, 3.05) is 5.73 Å². The number of aromatic nitrogens is 4. The number of nitrogens with zero attached hydrogens (tertiary/aromatic N) is 4. The molecule has 0 aliphatic rings. The fourth-order valence-corrected chi connectivity index (χ4v) is 1.98. The molecule has 0 saturated heterocycles. The molecule has 2 heterocycles. The zero-order valence-corrected chi connectivity index (χ0v) is 9.75. The van der Waals surface area contributed by atoms with E-state index in [-0.39, 0.29) is 0 Å². The monoisotopic (exact) mass is 227 g/mol. The lowest BCUT2D eigenvalue weighted by molar-refractivity contribution is 0.782. The molecule has 0 unspecified atom stereocenters. The molecule has 5 nitrogen and oxygen atoms in total. The maximum atomic E-state index is 5.80. The minimum absolute atomic E-state index is 0.646. The Labute approximate surface area is 98.5 Å². The normalized spacial score (nSPS) is 11.2. The fraction of sp³-hybridized carbons (Fsp3) is 0.167. The van der Waals surface area contributed by atoms with Crippen molar-refractivity contribution in [3.05, 3.63) is 30.6 Å². The van der Waals surface area contributed by atoms with E-state index in [1.54, 1.807) is 11.0 Å². The Morgan fingerprint density at radius 3 is 2.76 bits per heavy atom. The minimum atomic E-state index is 0.646. The summed E-state index contributed by atoms with van der Waals surface area (Å²) in [5.41, 5.74) is 9.71. The predicted octanol–water partition coefficient (Wildman–Crippen LogP) is 1.56. The molecule has 2 aromatic heterocycles. The van der Waals surface area contributed by atoms with Gasteiger partial charge in [-0.3, -0.25) is 4.68 Å². The second-order valence-corrected chi connectivity index (χ2v) is 4.11. The molecule has 0 aliphatic heterocycles. The molecule has 3 aromatic rings. The third kappa shape index (κ3) is 1.39. The van der Waals surface area contributed by atoms with E-state index in [0.29, 0.717) is 5.82 Å². The van der Waals surface area contributed by atoms with Crippen LogP contribution in [0.1, 0.15) is 0 Å². The van der Waals surface area contributed by atoms with E-state index >= 15 is 0 Å². The highest BCUT2D eigenvalue weighted by molar-refractivity contribution is 5.91. The van der Waals surface area contributed by atoms with E-state index in [1.807, 2.05) is 42.9 Å². The zero-order valence-electron chi connectivity index (χ0n) is 9.75. The van der Waals surface area contributed by atoms with Crippen molar-refractivity contribution in [1.82, 2.24) is 19.3 Å². The first kappa shape index (κ1) is 9.89. The lowest BCUT2D eigenvalue weighted by Crippen LogP contribution is -1.96. The number of nitrogen functional groups attached to an aromatic ring is 1. The maximum absolute atomic E-state index is 5.80. The first-order chi connectivity index (χ1) is 8.16. The van der Waals surface area contributed by atoms with Gasteiger partial charge in [-0.1, -0.05) is 12.1 Å². The van der Waals surface area contributed by atoms with Crippen molar-refractivity contribution < 1.29 is 0 Å². The third-order valence-corrected chi connectivity index (χ3v) is 2.95. The molecule has 17 heavy (non-hydrogen) atoms. The van der Waals surface area contributed by atoms with Gasteiger partial charge in [-0.25, -0.2) is 4.98 Å². The highest BCUT2D eigenvalue weighted by atomic mass is 15.3. The lowest BCUT2D eigenvalue weighted by atomic mass is 10.1. The summed E-state index contributed by atoms with van der Waals surface area (Å²) in [6.45, 7) is 0. The SMILES string of the molecule is Cn1nc(-c2cccc3c2ncn3C)cc1N. The Hall–Kier alpha value is -2.30. The van der Waals surface area contributed by atoms with Crippen LogP contribution in [0.5, 0.6) is 0 Å². The summed E-state index contributed by atoms with van der Waals surface area (Å²) in [4.78, 5) is 4.41. The van der Waals surface area contributed by atoms with Crippen molar-refractivity contribution >= 4 is 16.9 Å². The van der Waals surface area contributed by atoms with E-state index in [0.717, 1.165) is 22.3 Å². The van der Waals surface area contributed by atoms with Gasteiger partial charge in [0.2, 0.25) is 0 Å². The van der Waals surface area contributed by atoms with Gasteiger partial charge in [0, 0.05) is 25.7 Å². The Kier molecular flexibility index (Phi) is 1.95. The minimum Gasteiger partial charge on any atom is -0.384 e. The van der Waals surface area contributed by atoms with Crippen LogP contribution in [0.2, 0.25) is 0 Å². The summed E-state index contributed by atoms with van der Waals surface area (Å²) in [7, 11) is 3.81. The summed E-state index contributed by atoms with van der Waals surface area (Å²) >= 11 is 0. The topological polar surface area (TPSA) is 61.7 Å².